The van der Waals surface area contributed by atoms with Crippen molar-refractivity contribution in [1.82, 2.24) is 10.2 Å². The average molecular weight is 578 g/mol. The average Bonchev–Trinajstić information content (AvgIpc) is 2.97. The lowest BCUT2D eigenvalue weighted by Gasteiger charge is -2.33. The monoisotopic (exact) mass is 577 g/mol. The topological polar surface area (TPSA) is 86.8 Å². The lowest BCUT2D eigenvalue weighted by Crippen LogP contribution is -2.53. The van der Waals surface area contributed by atoms with E-state index in [9.17, 15) is 18.0 Å². The Labute approximate surface area is 245 Å². The van der Waals surface area contributed by atoms with Gasteiger partial charge in [-0.1, -0.05) is 87.9 Å². The summed E-state index contributed by atoms with van der Waals surface area (Å²) in [5.41, 5.74) is 3.43. The summed E-state index contributed by atoms with van der Waals surface area (Å²) in [5.74, 6) is -0.388. The summed E-state index contributed by atoms with van der Waals surface area (Å²) in [7, 11) is -4.08. The van der Waals surface area contributed by atoms with Gasteiger partial charge < -0.3 is 10.2 Å². The molecule has 7 nitrogen and oxygen atoms in total. The van der Waals surface area contributed by atoms with Gasteiger partial charge >= 0.3 is 0 Å². The summed E-state index contributed by atoms with van der Waals surface area (Å²) in [6.07, 6.45) is 1.72. The van der Waals surface area contributed by atoms with Crippen molar-refractivity contribution in [2.24, 2.45) is 0 Å². The van der Waals surface area contributed by atoms with Crippen LogP contribution in [-0.2, 0) is 26.0 Å². The molecule has 0 spiro atoms. The summed E-state index contributed by atoms with van der Waals surface area (Å²) < 4.78 is 29.1. The van der Waals surface area contributed by atoms with Gasteiger partial charge in [0.15, 0.2) is 0 Å². The number of carbonyl (C=O) groups is 2. The minimum Gasteiger partial charge on any atom is -0.354 e. The van der Waals surface area contributed by atoms with Crippen molar-refractivity contribution in [3.05, 3.63) is 95.6 Å². The minimum absolute atomic E-state index is 0.104. The van der Waals surface area contributed by atoms with Gasteiger partial charge in [-0.15, -0.1) is 0 Å². The molecule has 2 amide bonds. The highest BCUT2D eigenvalue weighted by atomic mass is 32.2. The first-order valence-corrected chi connectivity index (χ1v) is 15.8. The molecular formula is C33H43N3O4S. The molecule has 220 valence electrons. The van der Waals surface area contributed by atoms with Crippen molar-refractivity contribution in [3.63, 3.8) is 0 Å². The lowest BCUT2D eigenvalue weighted by atomic mass is 10.0. The molecule has 3 aromatic rings. The standard InChI is InChI=1S/C33H43N3O4S/c1-6-22-34-33(38)31(7-2)35(23-21-27-11-9-8-10-12-27)32(37)24-36(29-17-15-28(16-18-29)25(3)4)41(39,40)30-19-13-26(5)14-20-30/h8-20,25,31H,6-7,21-24H2,1-5H3,(H,34,38)/t31-/m0/s1. The predicted octanol–water partition coefficient (Wildman–Crippen LogP) is 5.69. The predicted molar refractivity (Wildman–Crippen MR) is 165 cm³/mol. The molecule has 0 aliphatic carbocycles. The Morgan fingerprint density at radius 3 is 2.07 bits per heavy atom. The Bertz CT molecular complexity index is 1370. The third-order valence-corrected chi connectivity index (χ3v) is 8.94. The fourth-order valence-electron chi connectivity index (χ4n) is 4.65. The van der Waals surface area contributed by atoms with Crippen LogP contribution in [0.25, 0.3) is 0 Å². The molecule has 0 aliphatic heterocycles. The molecule has 0 unspecified atom stereocenters. The molecule has 0 saturated heterocycles. The molecule has 1 atom stereocenters. The molecule has 0 fully saturated rings. The maximum atomic E-state index is 14.1. The Balaban J connectivity index is 2.01. The Morgan fingerprint density at radius 2 is 1.51 bits per heavy atom. The number of sulfonamides is 1. The Kier molecular flexibility index (Phi) is 11.5. The van der Waals surface area contributed by atoms with E-state index >= 15 is 0 Å². The van der Waals surface area contributed by atoms with E-state index in [0.29, 0.717) is 25.1 Å². The SMILES string of the molecule is CCCNC(=O)[C@H](CC)N(CCc1ccccc1)C(=O)CN(c1ccc(C(C)C)cc1)S(=O)(=O)c1ccc(C)cc1. The first kappa shape index (κ1) is 31.9. The molecule has 0 aliphatic rings. The molecule has 1 N–H and O–H groups in total. The highest BCUT2D eigenvalue weighted by molar-refractivity contribution is 7.92. The van der Waals surface area contributed by atoms with E-state index in [1.165, 1.54) is 4.90 Å². The zero-order valence-electron chi connectivity index (χ0n) is 24.8. The number of benzene rings is 3. The molecule has 0 bridgehead atoms. The van der Waals surface area contributed by atoms with Crippen LogP contribution in [0.2, 0.25) is 0 Å². The molecule has 41 heavy (non-hydrogen) atoms. The maximum absolute atomic E-state index is 14.1. The molecular weight excluding hydrogens is 534 g/mol. The van der Waals surface area contributed by atoms with E-state index in [0.717, 1.165) is 27.4 Å². The van der Waals surface area contributed by atoms with E-state index in [2.05, 4.69) is 19.2 Å². The Morgan fingerprint density at radius 1 is 0.878 bits per heavy atom. The van der Waals surface area contributed by atoms with Crippen molar-refractivity contribution in [2.75, 3.05) is 23.9 Å². The van der Waals surface area contributed by atoms with Crippen LogP contribution in [0.5, 0.6) is 0 Å². The van der Waals surface area contributed by atoms with Crippen molar-refractivity contribution in [1.29, 1.82) is 0 Å². The van der Waals surface area contributed by atoms with Gasteiger partial charge in [-0.2, -0.15) is 0 Å². The Hall–Kier alpha value is -3.65. The van der Waals surface area contributed by atoms with E-state index in [-0.39, 0.29) is 23.3 Å². The van der Waals surface area contributed by atoms with Crippen LogP contribution < -0.4 is 9.62 Å². The van der Waals surface area contributed by atoms with Gasteiger partial charge in [0.25, 0.3) is 10.0 Å². The van der Waals surface area contributed by atoms with E-state index < -0.39 is 28.5 Å². The van der Waals surface area contributed by atoms with Gasteiger partial charge in [-0.3, -0.25) is 13.9 Å². The fourth-order valence-corrected chi connectivity index (χ4v) is 6.07. The number of carbonyl (C=O) groups excluding carboxylic acids is 2. The molecule has 3 rings (SSSR count). The van der Waals surface area contributed by atoms with E-state index in [1.807, 2.05) is 63.2 Å². The molecule has 0 radical (unpaired) electrons. The minimum atomic E-state index is -4.08. The van der Waals surface area contributed by atoms with Crippen LogP contribution in [0.15, 0.2) is 83.8 Å². The number of nitrogens with zero attached hydrogens (tertiary/aromatic N) is 2. The largest absolute Gasteiger partial charge is 0.354 e. The highest BCUT2D eigenvalue weighted by Gasteiger charge is 2.33. The summed E-state index contributed by atoms with van der Waals surface area (Å²) in [6.45, 7) is 10.2. The molecule has 3 aromatic carbocycles. The summed E-state index contributed by atoms with van der Waals surface area (Å²) in [6, 6.07) is 22.9. The number of aryl methyl sites for hydroxylation is 1. The zero-order valence-corrected chi connectivity index (χ0v) is 25.7. The number of anilines is 1. The summed E-state index contributed by atoms with van der Waals surface area (Å²) >= 11 is 0. The van der Waals surface area contributed by atoms with Crippen LogP contribution in [-0.4, -0.2) is 50.8 Å². The van der Waals surface area contributed by atoms with Gasteiger partial charge in [0, 0.05) is 13.1 Å². The van der Waals surface area contributed by atoms with Crippen LogP contribution in [0.1, 0.15) is 63.1 Å². The van der Waals surface area contributed by atoms with Crippen LogP contribution in [0.3, 0.4) is 0 Å². The summed E-state index contributed by atoms with van der Waals surface area (Å²) in [4.78, 5) is 28.9. The second-order valence-electron chi connectivity index (χ2n) is 10.6. The third-order valence-electron chi connectivity index (χ3n) is 7.15. The van der Waals surface area contributed by atoms with Gasteiger partial charge in [-0.25, -0.2) is 8.42 Å². The van der Waals surface area contributed by atoms with Gasteiger partial charge in [0.2, 0.25) is 11.8 Å². The van der Waals surface area contributed by atoms with Gasteiger partial charge in [0.1, 0.15) is 12.6 Å². The maximum Gasteiger partial charge on any atom is 0.264 e. The van der Waals surface area contributed by atoms with Crippen LogP contribution in [0, 0.1) is 6.92 Å². The molecule has 0 saturated carbocycles. The van der Waals surface area contributed by atoms with Gasteiger partial charge in [-0.05, 0) is 67.5 Å². The van der Waals surface area contributed by atoms with Gasteiger partial charge in [0.05, 0.1) is 10.6 Å². The third kappa shape index (κ3) is 8.43. The highest BCUT2D eigenvalue weighted by Crippen LogP contribution is 2.27. The number of hydrogen-bond donors (Lipinski definition) is 1. The quantitative estimate of drug-likeness (QED) is 0.267. The number of nitrogens with one attached hydrogen (secondary N) is 1. The zero-order chi connectivity index (χ0) is 30.0. The van der Waals surface area contributed by atoms with Crippen molar-refractivity contribution >= 4 is 27.5 Å². The first-order valence-electron chi connectivity index (χ1n) is 14.4. The molecule has 0 aromatic heterocycles. The normalized spacial score (nSPS) is 12.1. The summed E-state index contributed by atoms with van der Waals surface area (Å²) in [5, 5.41) is 2.92. The number of amides is 2. The van der Waals surface area contributed by atoms with Crippen LogP contribution >= 0.6 is 0 Å². The van der Waals surface area contributed by atoms with Crippen molar-refractivity contribution < 1.29 is 18.0 Å². The fraction of sp³-hybridized carbons (Fsp3) is 0.394. The van der Waals surface area contributed by atoms with E-state index in [1.54, 1.807) is 36.4 Å². The smallest absolute Gasteiger partial charge is 0.264 e. The number of rotatable bonds is 14. The van der Waals surface area contributed by atoms with Crippen LogP contribution in [0.4, 0.5) is 5.69 Å². The lowest BCUT2D eigenvalue weighted by molar-refractivity contribution is -0.139. The molecule has 8 heteroatoms. The molecule has 0 heterocycles. The number of hydrogen-bond acceptors (Lipinski definition) is 4. The second kappa shape index (κ2) is 14.8. The van der Waals surface area contributed by atoms with Crippen molar-refractivity contribution in [2.45, 2.75) is 70.7 Å². The second-order valence-corrected chi connectivity index (χ2v) is 12.5. The van der Waals surface area contributed by atoms with Crippen molar-refractivity contribution in [3.8, 4) is 0 Å². The first-order chi connectivity index (χ1) is 19.6. The van der Waals surface area contributed by atoms with E-state index in [4.69, 9.17) is 0 Å².